The number of rotatable bonds is 3. The predicted octanol–water partition coefficient (Wildman–Crippen LogP) is 1.66. The van der Waals surface area contributed by atoms with Gasteiger partial charge in [0.1, 0.15) is 18.2 Å². The third kappa shape index (κ3) is 3.13. The summed E-state index contributed by atoms with van der Waals surface area (Å²) in [6.45, 7) is 1.47. The summed E-state index contributed by atoms with van der Waals surface area (Å²) in [6, 6.07) is 6.56. The van der Waals surface area contributed by atoms with Crippen LogP contribution in [0.4, 0.5) is 10.2 Å². The van der Waals surface area contributed by atoms with E-state index < -0.39 is 23.9 Å². The first-order valence-electron chi connectivity index (χ1n) is 7.32. The summed E-state index contributed by atoms with van der Waals surface area (Å²) in [5.74, 6) is -0.435. The van der Waals surface area contributed by atoms with Crippen LogP contribution in [0.3, 0.4) is 0 Å². The average Bonchev–Trinajstić information content (AvgIpc) is 2.94. The molecule has 8 heteroatoms. The number of carbonyl (C=O) groups is 2. The van der Waals surface area contributed by atoms with Crippen molar-refractivity contribution in [3.8, 4) is 0 Å². The molecule has 0 bridgehead atoms. The Hall–Kier alpha value is -2.74. The van der Waals surface area contributed by atoms with Crippen LogP contribution in [0.1, 0.15) is 17.4 Å². The predicted molar refractivity (Wildman–Crippen MR) is 81.5 cm³/mol. The van der Waals surface area contributed by atoms with Crippen LogP contribution in [0.25, 0.3) is 0 Å². The molecule has 24 heavy (non-hydrogen) atoms. The summed E-state index contributed by atoms with van der Waals surface area (Å²) < 4.78 is 23.9. The maximum absolute atomic E-state index is 13.6. The number of hydrogen-bond acceptors (Lipinski definition) is 5. The minimum absolute atomic E-state index is 0.224. The quantitative estimate of drug-likeness (QED) is 0.923. The van der Waals surface area contributed by atoms with Crippen LogP contribution in [0, 0.1) is 12.7 Å². The topological polar surface area (TPSA) is 84.7 Å². The molecule has 1 aromatic carbocycles. The standard InChI is InChI=1S/C16H16FN3O4/c1-9-6-12(19-24-9)18-16(22)15-14(20(2)13(21)8-23-15)10-4-3-5-11(17)7-10/h3-7,14-15H,8H2,1-2H3,(H,18,19,22)/t14-,15-/m0/s1. The molecule has 0 saturated carbocycles. The Kier molecular flexibility index (Phi) is 4.30. The molecule has 1 aliphatic rings. The highest BCUT2D eigenvalue weighted by Gasteiger charge is 2.40. The van der Waals surface area contributed by atoms with Gasteiger partial charge < -0.3 is 19.5 Å². The van der Waals surface area contributed by atoms with Crippen LogP contribution in [0.2, 0.25) is 0 Å². The molecule has 1 fully saturated rings. The molecular weight excluding hydrogens is 317 g/mol. The smallest absolute Gasteiger partial charge is 0.257 e. The van der Waals surface area contributed by atoms with Gasteiger partial charge in [-0.1, -0.05) is 17.3 Å². The van der Waals surface area contributed by atoms with Crippen LogP contribution in [0.5, 0.6) is 0 Å². The minimum atomic E-state index is -0.994. The van der Waals surface area contributed by atoms with Gasteiger partial charge in [-0.2, -0.15) is 0 Å². The first kappa shape index (κ1) is 16.1. The third-order valence-corrected chi connectivity index (χ3v) is 3.81. The summed E-state index contributed by atoms with van der Waals surface area (Å²) in [5.41, 5.74) is 0.474. The summed E-state index contributed by atoms with van der Waals surface area (Å²) in [6.07, 6.45) is -0.994. The molecule has 1 saturated heterocycles. The number of aryl methyl sites for hydroxylation is 1. The van der Waals surface area contributed by atoms with Gasteiger partial charge in [0.25, 0.3) is 5.91 Å². The molecule has 0 radical (unpaired) electrons. The van der Waals surface area contributed by atoms with E-state index in [-0.39, 0.29) is 18.3 Å². The molecule has 2 amide bonds. The molecular formula is C16H16FN3O4. The number of benzene rings is 1. The maximum atomic E-state index is 13.6. The van der Waals surface area contributed by atoms with E-state index in [1.54, 1.807) is 26.1 Å². The zero-order chi connectivity index (χ0) is 17.3. The molecule has 2 aromatic rings. The Morgan fingerprint density at radius 2 is 2.21 bits per heavy atom. The van der Waals surface area contributed by atoms with E-state index in [1.807, 2.05) is 0 Å². The Bertz CT molecular complexity index is 776. The molecule has 0 spiro atoms. The van der Waals surface area contributed by atoms with E-state index in [4.69, 9.17) is 9.26 Å². The number of anilines is 1. The zero-order valence-corrected chi connectivity index (χ0v) is 13.2. The summed E-state index contributed by atoms with van der Waals surface area (Å²) >= 11 is 0. The molecule has 7 nitrogen and oxygen atoms in total. The number of nitrogens with one attached hydrogen (secondary N) is 1. The SMILES string of the molecule is Cc1cc(NC(=O)[C@H]2OCC(=O)N(C)[C@H]2c2cccc(F)c2)no1. The van der Waals surface area contributed by atoms with Crippen LogP contribution in [-0.4, -0.2) is 41.6 Å². The van der Waals surface area contributed by atoms with Crippen molar-refractivity contribution in [2.45, 2.75) is 19.1 Å². The van der Waals surface area contributed by atoms with E-state index in [9.17, 15) is 14.0 Å². The normalized spacial score (nSPS) is 21.0. The second-order valence-corrected chi connectivity index (χ2v) is 5.55. The van der Waals surface area contributed by atoms with Crippen molar-refractivity contribution >= 4 is 17.6 Å². The van der Waals surface area contributed by atoms with Gasteiger partial charge in [0.15, 0.2) is 11.9 Å². The second-order valence-electron chi connectivity index (χ2n) is 5.55. The summed E-state index contributed by atoms with van der Waals surface area (Å²) in [5, 5.41) is 6.28. The monoisotopic (exact) mass is 333 g/mol. The molecule has 3 rings (SSSR count). The lowest BCUT2D eigenvalue weighted by Gasteiger charge is -2.38. The van der Waals surface area contributed by atoms with Crippen molar-refractivity contribution in [1.29, 1.82) is 0 Å². The van der Waals surface area contributed by atoms with Crippen LogP contribution >= 0.6 is 0 Å². The Morgan fingerprint density at radius 3 is 2.88 bits per heavy atom. The van der Waals surface area contributed by atoms with E-state index in [0.717, 1.165) is 0 Å². The largest absolute Gasteiger partial charge is 0.360 e. The number of ether oxygens (including phenoxy) is 1. The van der Waals surface area contributed by atoms with Gasteiger partial charge in [0, 0.05) is 13.1 Å². The van der Waals surface area contributed by atoms with Gasteiger partial charge in [-0.25, -0.2) is 4.39 Å². The number of aromatic nitrogens is 1. The fourth-order valence-electron chi connectivity index (χ4n) is 2.64. The number of carbonyl (C=O) groups excluding carboxylic acids is 2. The molecule has 126 valence electrons. The van der Waals surface area contributed by atoms with E-state index in [2.05, 4.69) is 10.5 Å². The first-order chi connectivity index (χ1) is 11.5. The molecule has 0 aliphatic carbocycles. The number of hydrogen-bond donors (Lipinski definition) is 1. The number of morpholine rings is 1. The lowest BCUT2D eigenvalue weighted by Crippen LogP contribution is -2.51. The molecule has 2 heterocycles. The van der Waals surface area contributed by atoms with Gasteiger partial charge in [0.05, 0.1) is 6.04 Å². The van der Waals surface area contributed by atoms with E-state index in [0.29, 0.717) is 11.3 Å². The van der Waals surface area contributed by atoms with Gasteiger partial charge in [-0.05, 0) is 24.6 Å². The molecule has 2 atom stereocenters. The summed E-state index contributed by atoms with van der Waals surface area (Å²) in [4.78, 5) is 25.9. The maximum Gasteiger partial charge on any atom is 0.257 e. The third-order valence-electron chi connectivity index (χ3n) is 3.81. The van der Waals surface area contributed by atoms with Crippen molar-refractivity contribution < 1.29 is 23.2 Å². The van der Waals surface area contributed by atoms with Gasteiger partial charge >= 0.3 is 0 Å². The van der Waals surface area contributed by atoms with Gasteiger partial charge in [-0.3, -0.25) is 9.59 Å². The van der Waals surface area contributed by atoms with Gasteiger partial charge in [-0.15, -0.1) is 0 Å². The average molecular weight is 333 g/mol. The van der Waals surface area contributed by atoms with Crippen LogP contribution in [0.15, 0.2) is 34.9 Å². The van der Waals surface area contributed by atoms with Crippen LogP contribution < -0.4 is 5.32 Å². The Morgan fingerprint density at radius 1 is 1.42 bits per heavy atom. The van der Waals surface area contributed by atoms with Crippen molar-refractivity contribution in [2.24, 2.45) is 0 Å². The number of nitrogens with zero attached hydrogens (tertiary/aromatic N) is 2. The zero-order valence-electron chi connectivity index (χ0n) is 13.2. The highest BCUT2D eigenvalue weighted by Crippen LogP contribution is 2.30. The Balaban J connectivity index is 1.88. The van der Waals surface area contributed by atoms with Gasteiger partial charge in [0.2, 0.25) is 5.91 Å². The van der Waals surface area contributed by atoms with Crippen molar-refractivity contribution in [3.05, 3.63) is 47.5 Å². The van der Waals surface area contributed by atoms with Crippen molar-refractivity contribution in [3.63, 3.8) is 0 Å². The highest BCUT2D eigenvalue weighted by molar-refractivity contribution is 5.95. The number of likely N-dealkylation sites (N-methyl/N-ethyl adjacent to an activating group) is 1. The number of halogens is 1. The first-order valence-corrected chi connectivity index (χ1v) is 7.32. The molecule has 1 aromatic heterocycles. The molecule has 0 unspecified atom stereocenters. The minimum Gasteiger partial charge on any atom is -0.360 e. The molecule has 1 aliphatic heterocycles. The van der Waals surface area contributed by atoms with Crippen molar-refractivity contribution in [2.75, 3.05) is 19.0 Å². The van der Waals surface area contributed by atoms with Crippen molar-refractivity contribution in [1.82, 2.24) is 10.1 Å². The van der Waals surface area contributed by atoms with Crippen LogP contribution in [-0.2, 0) is 14.3 Å². The van der Waals surface area contributed by atoms with E-state index in [1.165, 1.54) is 23.1 Å². The molecule has 1 N–H and O–H groups in total. The summed E-state index contributed by atoms with van der Waals surface area (Å²) in [7, 11) is 1.56. The lowest BCUT2D eigenvalue weighted by molar-refractivity contribution is -0.160. The lowest BCUT2D eigenvalue weighted by atomic mass is 9.97. The fourth-order valence-corrected chi connectivity index (χ4v) is 2.64. The second kappa shape index (κ2) is 6.40. The highest BCUT2D eigenvalue weighted by atomic mass is 19.1. The Labute approximate surface area is 137 Å². The van der Waals surface area contributed by atoms with E-state index >= 15 is 0 Å². The number of amides is 2. The fraction of sp³-hybridized carbons (Fsp3) is 0.312.